The SMILES string of the molecule is CC(=O)NCC1(N2CCN(Cc3ccccc3)CC2)CCCCC1c1ccccc1. The monoisotopic (exact) mass is 405 g/mol. The fourth-order valence-corrected chi connectivity index (χ4v) is 5.56. The third-order valence-electron chi connectivity index (χ3n) is 7.10. The normalized spacial score (nSPS) is 25.7. The maximum absolute atomic E-state index is 11.9. The van der Waals surface area contributed by atoms with Gasteiger partial charge in [0.15, 0.2) is 0 Å². The molecule has 1 aliphatic heterocycles. The van der Waals surface area contributed by atoms with Gasteiger partial charge in [-0.1, -0.05) is 73.5 Å². The van der Waals surface area contributed by atoms with Crippen molar-refractivity contribution in [3.05, 3.63) is 71.8 Å². The van der Waals surface area contributed by atoms with Crippen molar-refractivity contribution < 1.29 is 4.79 Å². The van der Waals surface area contributed by atoms with Crippen molar-refractivity contribution in [2.45, 2.75) is 50.6 Å². The number of carbonyl (C=O) groups is 1. The zero-order valence-corrected chi connectivity index (χ0v) is 18.2. The lowest BCUT2D eigenvalue weighted by Gasteiger charge is -2.54. The van der Waals surface area contributed by atoms with Crippen molar-refractivity contribution in [2.75, 3.05) is 32.7 Å². The van der Waals surface area contributed by atoms with E-state index in [1.807, 2.05) is 0 Å². The maximum atomic E-state index is 11.9. The zero-order chi connectivity index (χ0) is 20.8. The molecule has 4 heteroatoms. The van der Waals surface area contributed by atoms with Gasteiger partial charge in [-0.3, -0.25) is 14.6 Å². The lowest BCUT2D eigenvalue weighted by molar-refractivity contribution is -0.120. The summed E-state index contributed by atoms with van der Waals surface area (Å²) in [5.41, 5.74) is 2.83. The number of rotatable bonds is 6. The lowest BCUT2D eigenvalue weighted by Crippen LogP contribution is -2.64. The first-order valence-electron chi connectivity index (χ1n) is 11.5. The van der Waals surface area contributed by atoms with Crippen LogP contribution >= 0.6 is 0 Å². The van der Waals surface area contributed by atoms with Crippen LogP contribution < -0.4 is 5.32 Å². The van der Waals surface area contributed by atoms with Crippen molar-refractivity contribution in [1.82, 2.24) is 15.1 Å². The van der Waals surface area contributed by atoms with E-state index < -0.39 is 0 Å². The molecule has 0 spiro atoms. The van der Waals surface area contributed by atoms with Gasteiger partial charge in [-0.05, 0) is 24.0 Å². The van der Waals surface area contributed by atoms with Crippen LogP contribution in [0.3, 0.4) is 0 Å². The van der Waals surface area contributed by atoms with Crippen molar-refractivity contribution in [3.63, 3.8) is 0 Å². The standard InChI is InChI=1S/C26H35N3O/c1-22(30)27-21-26(15-9-8-14-25(26)24-12-6-3-7-13-24)29-18-16-28(17-19-29)20-23-10-4-2-5-11-23/h2-7,10-13,25H,8-9,14-21H2,1H3,(H,27,30). The summed E-state index contributed by atoms with van der Waals surface area (Å²) < 4.78 is 0. The summed E-state index contributed by atoms with van der Waals surface area (Å²) in [6, 6.07) is 21.8. The fraction of sp³-hybridized carbons (Fsp3) is 0.500. The molecule has 4 rings (SSSR count). The Kier molecular flexibility index (Phi) is 6.86. The Morgan fingerprint density at radius 1 is 0.967 bits per heavy atom. The molecule has 2 aromatic rings. The van der Waals surface area contributed by atoms with E-state index in [-0.39, 0.29) is 11.4 Å². The molecule has 1 saturated heterocycles. The quantitative estimate of drug-likeness (QED) is 0.788. The molecule has 1 N–H and O–H groups in total. The van der Waals surface area contributed by atoms with E-state index in [0.29, 0.717) is 5.92 Å². The van der Waals surface area contributed by atoms with Crippen LogP contribution in [-0.4, -0.2) is 54.0 Å². The Hall–Kier alpha value is -2.17. The minimum atomic E-state index is 0.0180. The summed E-state index contributed by atoms with van der Waals surface area (Å²) in [6.45, 7) is 7.71. The zero-order valence-electron chi connectivity index (χ0n) is 18.2. The number of benzene rings is 2. The summed E-state index contributed by atoms with van der Waals surface area (Å²) in [5, 5.41) is 3.21. The van der Waals surface area contributed by atoms with Gasteiger partial charge in [0.2, 0.25) is 5.91 Å². The Balaban J connectivity index is 1.52. The Morgan fingerprint density at radius 2 is 1.63 bits per heavy atom. The first kappa shape index (κ1) is 21.1. The molecule has 1 amide bonds. The molecular weight excluding hydrogens is 370 g/mol. The predicted molar refractivity (Wildman–Crippen MR) is 122 cm³/mol. The smallest absolute Gasteiger partial charge is 0.216 e. The molecule has 4 nitrogen and oxygen atoms in total. The second kappa shape index (κ2) is 9.76. The average molecular weight is 406 g/mol. The van der Waals surface area contributed by atoms with Crippen LogP contribution in [0.5, 0.6) is 0 Å². The van der Waals surface area contributed by atoms with Crippen LogP contribution in [0.2, 0.25) is 0 Å². The van der Waals surface area contributed by atoms with Crippen molar-refractivity contribution in [1.29, 1.82) is 0 Å². The minimum Gasteiger partial charge on any atom is -0.354 e. The van der Waals surface area contributed by atoms with Crippen LogP contribution in [0, 0.1) is 0 Å². The van der Waals surface area contributed by atoms with Crippen LogP contribution in [0.1, 0.15) is 49.7 Å². The molecule has 1 saturated carbocycles. The van der Waals surface area contributed by atoms with Crippen molar-refractivity contribution in [3.8, 4) is 0 Å². The van der Waals surface area contributed by atoms with Gasteiger partial charge in [0.1, 0.15) is 0 Å². The number of hydrogen-bond donors (Lipinski definition) is 1. The van der Waals surface area contributed by atoms with Gasteiger partial charge in [-0.25, -0.2) is 0 Å². The van der Waals surface area contributed by atoms with Crippen molar-refractivity contribution in [2.24, 2.45) is 0 Å². The molecule has 2 atom stereocenters. The second-order valence-electron chi connectivity index (χ2n) is 8.97. The van der Waals surface area contributed by atoms with Gasteiger partial charge in [-0.15, -0.1) is 0 Å². The molecular formula is C26H35N3O. The highest BCUT2D eigenvalue weighted by molar-refractivity contribution is 5.73. The third-order valence-corrected chi connectivity index (χ3v) is 7.10. The molecule has 2 aliphatic rings. The molecule has 0 aromatic heterocycles. The van der Waals surface area contributed by atoms with E-state index in [1.54, 1.807) is 6.92 Å². The maximum Gasteiger partial charge on any atom is 0.216 e. The molecule has 0 radical (unpaired) electrons. The highest BCUT2D eigenvalue weighted by Gasteiger charge is 2.46. The number of nitrogens with one attached hydrogen (secondary N) is 1. The van der Waals surface area contributed by atoms with E-state index in [2.05, 4.69) is 75.8 Å². The average Bonchev–Trinajstić information content (AvgIpc) is 2.80. The summed E-state index contributed by atoms with van der Waals surface area (Å²) in [7, 11) is 0. The van der Waals surface area contributed by atoms with Crippen LogP contribution in [0.25, 0.3) is 0 Å². The first-order valence-corrected chi connectivity index (χ1v) is 11.5. The van der Waals surface area contributed by atoms with E-state index >= 15 is 0 Å². The van der Waals surface area contributed by atoms with Gasteiger partial charge in [0, 0.05) is 57.6 Å². The fourth-order valence-electron chi connectivity index (χ4n) is 5.56. The third kappa shape index (κ3) is 4.76. The van der Waals surface area contributed by atoms with Crippen LogP contribution in [0.4, 0.5) is 0 Å². The van der Waals surface area contributed by atoms with Crippen molar-refractivity contribution >= 4 is 5.91 Å². The van der Waals surface area contributed by atoms with E-state index in [4.69, 9.17) is 0 Å². The Bertz CT molecular complexity index is 802. The number of amides is 1. The van der Waals surface area contributed by atoms with E-state index in [9.17, 15) is 4.79 Å². The molecule has 2 fully saturated rings. The minimum absolute atomic E-state index is 0.0180. The molecule has 1 aliphatic carbocycles. The van der Waals surface area contributed by atoms with Gasteiger partial charge in [0.05, 0.1) is 0 Å². The Labute approximate surface area is 181 Å². The number of carbonyl (C=O) groups excluding carboxylic acids is 1. The van der Waals surface area contributed by atoms with E-state index in [0.717, 1.165) is 45.7 Å². The molecule has 1 heterocycles. The van der Waals surface area contributed by atoms with Crippen LogP contribution in [0.15, 0.2) is 60.7 Å². The summed E-state index contributed by atoms with van der Waals surface area (Å²) in [4.78, 5) is 17.1. The molecule has 0 bridgehead atoms. The highest BCUT2D eigenvalue weighted by atomic mass is 16.1. The molecule has 160 valence electrons. The molecule has 30 heavy (non-hydrogen) atoms. The highest BCUT2D eigenvalue weighted by Crippen LogP contribution is 2.45. The predicted octanol–water partition coefficient (Wildman–Crippen LogP) is 4.04. The van der Waals surface area contributed by atoms with Gasteiger partial charge < -0.3 is 5.32 Å². The summed E-state index contributed by atoms with van der Waals surface area (Å²) in [5.74, 6) is 0.550. The lowest BCUT2D eigenvalue weighted by atomic mass is 9.68. The largest absolute Gasteiger partial charge is 0.354 e. The number of piperazine rings is 1. The van der Waals surface area contributed by atoms with Gasteiger partial charge >= 0.3 is 0 Å². The van der Waals surface area contributed by atoms with Gasteiger partial charge in [-0.2, -0.15) is 0 Å². The van der Waals surface area contributed by atoms with Crippen LogP contribution in [-0.2, 0) is 11.3 Å². The van der Waals surface area contributed by atoms with Gasteiger partial charge in [0.25, 0.3) is 0 Å². The molecule has 2 unspecified atom stereocenters. The summed E-state index contributed by atoms with van der Waals surface area (Å²) >= 11 is 0. The second-order valence-corrected chi connectivity index (χ2v) is 8.97. The molecule has 2 aromatic carbocycles. The number of hydrogen-bond acceptors (Lipinski definition) is 3. The van der Waals surface area contributed by atoms with E-state index in [1.165, 1.54) is 30.4 Å². The number of nitrogens with zero attached hydrogens (tertiary/aromatic N) is 2. The topological polar surface area (TPSA) is 35.6 Å². The Morgan fingerprint density at radius 3 is 2.30 bits per heavy atom. The summed E-state index contributed by atoms with van der Waals surface area (Å²) in [6.07, 6.45) is 4.88. The first-order chi connectivity index (χ1) is 14.7.